The van der Waals surface area contributed by atoms with Gasteiger partial charge in [0.05, 0.1) is 19.3 Å². The Kier molecular flexibility index (Phi) is 6.93. The van der Waals surface area contributed by atoms with Gasteiger partial charge < -0.3 is 9.64 Å². The molecule has 0 bridgehead atoms. The first-order valence-electron chi connectivity index (χ1n) is 8.42. The monoisotopic (exact) mass is 298 g/mol. The molecule has 122 valence electrons. The molecule has 2 aliphatic heterocycles. The number of ether oxygens (including phenoxy) is 1. The van der Waals surface area contributed by atoms with Crippen molar-refractivity contribution in [1.29, 1.82) is 0 Å². The smallest absolute Gasteiger partial charge is 0.224 e. The number of hydrogen-bond donors (Lipinski definition) is 0. The molecule has 2 heterocycles. The first kappa shape index (κ1) is 16.7. The van der Waals surface area contributed by atoms with E-state index in [9.17, 15) is 4.79 Å². The fourth-order valence-electron chi connectivity index (χ4n) is 2.93. The fraction of sp³-hybridized carbons (Fsp3) is 0.938. The molecule has 2 fully saturated rings. The summed E-state index contributed by atoms with van der Waals surface area (Å²) in [6, 6.07) is 0. The number of rotatable bonds is 7. The van der Waals surface area contributed by atoms with Gasteiger partial charge in [-0.15, -0.1) is 0 Å². The van der Waals surface area contributed by atoms with Crippen LogP contribution in [-0.2, 0) is 14.4 Å². The Morgan fingerprint density at radius 1 is 1.29 bits per heavy atom. The number of nitrogens with zero attached hydrogens (tertiary/aromatic N) is 2. The van der Waals surface area contributed by atoms with Crippen molar-refractivity contribution in [3.63, 3.8) is 0 Å². The van der Waals surface area contributed by atoms with E-state index >= 15 is 0 Å². The Morgan fingerprint density at radius 3 is 2.86 bits per heavy atom. The molecule has 1 amide bonds. The zero-order valence-electron chi connectivity index (χ0n) is 13.6. The second-order valence-electron chi connectivity index (χ2n) is 6.52. The molecule has 1 atom stereocenters. The van der Waals surface area contributed by atoms with Crippen LogP contribution in [-0.4, -0.2) is 61.4 Å². The molecule has 0 aromatic heterocycles. The topological polar surface area (TPSA) is 42.0 Å². The van der Waals surface area contributed by atoms with E-state index in [2.05, 4.69) is 13.8 Å². The van der Waals surface area contributed by atoms with E-state index in [4.69, 9.17) is 9.57 Å². The van der Waals surface area contributed by atoms with Gasteiger partial charge in [0.2, 0.25) is 5.91 Å². The first-order chi connectivity index (χ1) is 10.1. The van der Waals surface area contributed by atoms with Crippen molar-refractivity contribution in [2.24, 2.45) is 5.92 Å². The summed E-state index contributed by atoms with van der Waals surface area (Å²) in [5.74, 6) is 0.981. The normalized spacial score (nSPS) is 24.0. The third kappa shape index (κ3) is 5.93. The lowest BCUT2D eigenvalue weighted by Gasteiger charge is -2.33. The molecule has 0 aliphatic carbocycles. The minimum absolute atomic E-state index is 0.226. The molecule has 0 aromatic carbocycles. The molecular weight excluding hydrogens is 268 g/mol. The predicted octanol–water partition coefficient (Wildman–Crippen LogP) is 2.07. The van der Waals surface area contributed by atoms with E-state index in [1.807, 2.05) is 9.96 Å². The van der Waals surface area contributed by atoms with Crippen molar-refractivity contribution in [1.82, 2.24) is 9.96 Å². The summed E-state index contributed by atoms with van der Waals surface area (Å²) in [4.78, 5) is 19.7. The molecule has 2 rings (SSSR count). The summed E-state index contributed by atoms with van der Waals surface area (Å²) in [6.07, 6.45) is 5.34. The Hall–Kier alpha value is -0.650. The molecule has 0 unspecified atom stereocenters. The van der Waals surface area contributed by atoms with Crippen LogP contribution in [0.4, 0.5) is 0 Å². The molecule has 0 radical (unpaired) electrons. The standard InChI is InChI=1S/C16H30N2O3/c1-14(2)5-3-6-15-13-17(10-12-20-15)16(19)7-9-18-8-4-11-21-18/h14-15H,3-13H2,1-2H3/t15-/m0/s1. The van der Waals surface area contributed by atoms with Crippen LogP contribution in [0, 0.1) is 5.92 Å². The summed E-state index contributed by atoms with van der Waals surface area (Å²) in [6.45, 7) is 9.14. The predicted molar refractivity (Wildman–Crippen MR) is 81.8 cm³/mol. The largest absolute Gasteiger partial charge is 0.375 e. The molecular formula is C16H30N2O3. The van der Waals surface area contributed by atoms with Gasteiger partial charge in [0.15, 0.2) is 0 Å². The fourth-order valence-corrected chi connectivity index (χ4v) is 2.93. The number of hydrogen-bond acceptors (Lipinski definition) is 4. The van der Waals surface area contributed by atoms with Crippen LogP contribution in [0.3, 0.4) is 0 Å². The van der Waals surface area contributed by atoms with E-state index in [0.717, 1.165) is 45.0 Å². The van der Waals surface area contributed by atoms with Gasteiger partial charge in [-0.05, 0) is 18.8 Å². The quantitative estimate of drug-likeness (QED) is 0.721. The SMILES string of the molecule is CC(C)CCC[C@H]1CN(C(=O)CCN2CCCO2)CCO1. The van der Waals surface area contributed by atoms with Crippen LogP contribution >= 0.6 is 0 Å². The van der Waals surface area contributed by atoms with Gasteiger partial charge in [0.25, 0.3) is 0 Å². The van der Waals surface area contributed by atoms with Crippen LogP contribution in [0.2, 0.25) is 0 Å². The Bertz CT molecular complexity index is 317. The summed E-state index contributed by atoms with van der Waals surface area (Å²) < 4.78 is 5.79. The second kappa shape index (κ2) is 8.71. The number of amides is 1. The lowest BCUT2D eigenvalue weighted by atomic mass is 10.0. The molecule has 0 saturated carbocycles. The summed E-state index contributed by atoms with van der Waals surface area (Å²) in [7, 11) is 0. The maximum absolute atomic E-state index is 12.3. The van der Waals surface area contributed by atoms with Gasteiger partial charge in [0, 0.05) is 32.6 Å². The molecule has 5 heteroatoms. The first-order valence-corrected chi connectivity index (χ1v) is 8.42. The van der Waals surface area contributed by atoms with Gasteiger partial charge in [-0.3, -0.25) is 9.63 Å². The Morgan fingerprint density at radius 2 is 2.14 bits per heavy atom. The van der Waals surface area contributed by atoms with Crippen LogP contribution in [0.1, 0.15) is 46.0 Å². The van der Waals surface area contributed by atoms with Crippen molar-refractivity contribution in [3.05, 3.63) is 0 Å². The highest BCUT2D eigenvalue weighted by atomic mass is 16.7. The van der Waals surface area contributed by atoms with Crippen molar-refractivity contribution >= 4 is 5.91 Å². The van der Waals surface area contributed by atoms with E-state index in [1.54, 1.807) is 0 Å². The minimum Gasteiger partial charge on any atom is -0.375 e. The van der Waals surface area contributed by atoms with Crippen molar-refractivity contribution < 1.29 is 14.4 Å². The molecule has 2 aliphatic rings. The van der Waals surface area contributed by atoms with Gasteiger partial charge in [0.1, 0.15) is 0 Å². The van der Waals surface area contributed by atoms with E-state index in [0.29, 0.717) is 19.6 Å². The van der Waals surface area contributed by atoms with Gasteiger partial charge in [-0.25, -0.2) is 0 Å². The van der Waals surface area contributed by atoms with Crippen molar-refractivity contribution in [2.45, 2.75) is 52.1 Å². The highest BCUT2D eigenvalue weighted by Gasteiger charge is 2.24. The van der Waals surface area contributed by atoms with Crippen LogP contribution in [0.15, 0.2) is 0 Å². The number of morpholine rings is 1. The van der Waals surface area contributed by atoms with Crippen LogP contribution in [0.25, 0.3) is 0 Å². The average Bonchev–Trinajstić information content (AvgIpc) is 2.98. The third-order valence-corrected chi connectivity index (χ3v) is 4.20. The van der Waals surface area contributed by atoms with Gasteiger partial charge >= 0.3 is 0 Å². The van der Waals surface area contributed by atoms with Gasteiger partial charge in [-0.2, -0.15) is 5.06 Å². The molecule has 0 aromatic rings. The van der Waals surface area contributed by atoms with E-state index < -0.39 is 0 Å². The number of carbonyl (C=O) groups excluding carboxylic acids is 1. The molecule has 0 spiro atoms. The second-order valence-corrected chi connectivity index (χ2v) is 6.52. The summed E-state index contributed by atoms with van der Waals surface area (Å²) in [5.41, 5.74) is 0. The molecule has 2 saturated heterocycles. The lowest BCUT2D eigenvalue weighted by molar-refractivity contribution is -0.145. The number of carbonyl (C=O) groups is 1. The summed E-state index contributed by atoms with van der Waals surface area (Å²) in [5, 5.41) is 1.92. The van der Waals surface area contributed by atoms with Gasteiger partial charge in [-0.1, -0.05) is 26.7 Å². The third-order valence-electron chi connectivity index (χ3n) is 4.20. The average molecular weight is 298 g/mol. The zero-order valence-corrected chi connectivity index (χ0v) is 13.6. The minimum atomic E-state index is 0.226. The van der Waals surface area contributed by atoms with Crippen molar-refractivity contribution in [3.8, 4) is 0 Å². The Balaban J connectivity index is 1.65. The highest BCUT2D eigenvalue weighted by molar-refractivity contribution is 5.76. The van der Waals surface area contributed by atoms with E-state index in [-0.39, 0.29) is 12.0 Å². The van der Waals surface area contributed by atoms with Crippen molar-refractivity contribution in [2.75, 3.05) is 39.4 Å². The maximum Gasteiger partial charge on any atom is 0.224 e. The lowest BCUT2D eigenvalue weighted by Crippen LogP contribution is -2.46. The van der Waals surface area contributed by atoms with Crippen LogP contribution in [0.5, 0.6) is 0 Å². The molecule has 5 nitrogen and oxygen atoms in total. The zero-order chi connectivity index (χ0) is 15.1. The number of hydroxylamine groups is 2. The molecule has 21 heavy (non-hydrogen) atoms. The molecule has 0 N–H and O–H groups in total. The van der Waals surface area contributed by atoms with Crippen LogP contribution < -0.4 is 0 Å². The Labute approximate surface area is 128 Å². The highest BCUT2D eigenvalue weighted by Crippen LogP contribution is 2.15. The maximum atomic E-state index is 12.3. The summed E-state index contributed by atoms with van der Waals surface area (Å²) >= 11 is 0. The van der Waals surface area contributed by atoms with E-state index in [1.165, 1.54) is 12.8 Å².